The van der Waals surface area contributed by atoms with E-state index in [0.717, 1.165) is 0 Å². The molecular formula is C3CrN3O3. The molecule has 6 nitrogen and oxygen atoms in total. The van der Waals surface area contributed by atoms with Gasteiger partial charge in [-0.3, -0.25) is 0 Å². The molecule has 7 heteroatoms. The Bertz CT molecular complexity index is 112. The van der Waals surface area contributed by atoms with E-state index in [1.54, 1.807) is 0 Å². The number of rotatable bonds is 0. The molecule has 0 aromatic carbocycles. The summed E-state index contributed by atoms with van der Waals surface area (Å²) in [5.74, 6) is 0. The van der Waals surface area contributed by atoms with Gasteiger partial charge in [-0.15, -0.1) is 0 Å². The Morgan fingerprint density at radius 1 is 0.700 bits per heavy atom. The minimum absolute atomic E-state index is 0. The fourth-order valence-electron chi connectivity index (χ4n) is 0. The van der Waals surface area contributed by atoms with E-state index in [1.165, 1.54) is 0 Å². The number of nitrogens with zero attached hydrogens (tertiary/aromatic N) is 3. The molecule has 0 aromatic rings. The Morgan fingerprint density at radius 3 is 0.700 bits per heavy atom. The molecule has 0 atom stereocenters. The summed E-state index contributed by atoms with van der Waals surface area (Å²) in [6.07, 6.45) is 1.50. The van der Waals surface area contributed by atoms with Gasteiger partial charge < -0.3 is 15.3 Å². The monoisotopic (exact) mass is 178 g/mol. The van der Waals surface area contributed by atoms with E-state index in [2.05, 4.69) is 0 Å². The average molecular weight is 178 g/mol. The van der Waals surface area contributed by atoms with Gasteiger partial charge in [-0.05, 0) is 0 Å². The topological polar surface area (TPSA) is 141 Å². The van der Waals surface area contributed by atoms with Crippen LogP contribution in [0.3, 0.4) is 0 Å². The van der Waals surface area contributed by atoms with E-state index in [0.29, 0.717) is 18.8 Å². The fraction of sp³-hybridized carbons (Fsp3) is 0. The van der Waals surface area contributed by atoms with Crippen LogP contribution < -0.4 is 15.3 Å². The predicted octanol–water partition coefficient (Wildman–Crippen LogP) is -3.52. The third kappa shape index (κ3) is 73.2. The van der Waals surface area contributed by atoms with E-state index >= 15 is 0 Å². The molecule has 0 aliphatic rings. The van der Waals surface area contributed by atoms with Gasteiger partial charge in [0.15, 0.2) is 0 Å². The first-order chi connectivity index (χ1) is 4.24. The van der Waals surface area contributed by atoms with Gasteiger partial charge in [-0.1, -0.05) is 0 Å². The second kappa shape index (κ2) is 154. The first-order valence-corrected chi connectivity index (χ1v) is 1.28. The largest absolute Gasteiger partial charge is 3.00 e. The summed E-state index contributed by atoms with van der Waals surface area (Å²) in [6, 6.07) is 0. The molecule has 0 heterocycles. The van der Waals surface area contributed by atoms with Crippen molar-refractivity contribution in [1.82, 2.24) is 0 Å². The van der Waals surface area contributed by atoms with Crippen molar-refractivity contribution in [1.29, 1.82) is 15.8 Å². The van der Waals surface area contributed by atoms with Crippen LogP contribution in [0.15, 0.2) is 0 Å². The van der Waals surface area contributed by atoms with Crippen molar-refractivity contribution in [2.45, 2.75) is 0 Å². The van der Waals surface area contributed by atoms with Crippen LogP contribution in [0, 0.1) is 34.6 Å². The molecule has 10 heavy (non-hydrogen) atoms. The molecule has 51 valence electrons. The maximum atomic E-state index is 8.24. The van der Waals surface area contributed by atoms with Crippen LogP contribution in [0.4, 0.5) is 0 Å². The van der Waals surface area contributed by atoms with Gasteiger partial charge in [0.2, 0.25) is 0 Å². The molecule has 0 amide bonds. The van der Waals surface area contributed by atoms with Crippen molar-refractivity contribution in [2.75, 3.05) is 0 Å². The van der Waals surface area contributed by atoms with Crippen molar-refractivity contribution < 1.29 is 32.7 Å². The van der Waals surface area contributed by atoms with Crippen molar-refractivity contribution in [3.05, 3.63) is 0 Å². The quantitative estimate of drug-likeness (QED) is 0.352. The van der Waals surface area contributed by atoms with E-state index in [4.69, 9.17) is 31.1 Å². The third-order valence-corrected chi connectivity index (χ3v) is 0. The molecule has 0 saturated carbocycles. The zero-order chi connectivity index (χ0) is 8.12. The molecule has 0 unspecified atom stereocenters. The molecular weight excluding hydrogens is 178 g/mol. The van der Waals surface area contributed by atoms with Gasteiger partial charge in [0.1, 0.15) is 0 Å². The van der Waals surface area contributed by atoms with Crippen molar-refractivity contribution in [3.63, 3.8) is 0 Å². The summed E-state index contributed by atoms with van der Waals surface area (Å²) in [4.78, 5) is 0. The number of hydrogen-bond acceptors (Lipinski definition) is 6. The van der Waals surface area contributed by atoms with Crippen LogP contribution in [-0.4, -0.2) is 0 Å². The van der Waals surface area contributed by atoms with E-state index in [-0.39, 0.29) is 17.4 Å². The van der Waals surface area contributed by atoms with Crippen LogP contribution in [0.1, 0.15) is 0 Å². The van der Waals surface area contributed by atoms with Gasteiger partial charge in [-0.2, -0.15) is 0 Å². The predicted molar refractivity (Wildman–Crippen MR) is 16.8 cm³/mol. The molecule has 0 fully saturated rings. The number of hydrogen-bond donors (Lipinski definition) is 0. The Hall–Kier alpha value is -1.60. The molecule has 0 bridgehead atoms. The van der Waals surface area contributed by atoms with Gasteiger partial charge in [-0.25, -0.2) is 15.8 Å². The minimum Gasteiger partial charge on any atom is -0.812 e. The molecule has 0 aromatic heterocycles. The first kappa shape index (κ1) is 23.8. The molecule has 0 aliphatic carbocycles. The maximum absolute atomic E-state index is 8.24. The smallest absolute Gasteiger partial charge is 0.812 e. The van der Waals surface area contributed by atoms with Gasteiger partial charge in [0.05, 0.1) is 0 Å². The van der Waals surface area contributed by atoms with Gasteiger partial charge >= 0.3 is 17.4 Å². The van der Waals surface area contributed by atoms with E-state index in [1.807, 2.05) is 0 Å². The fourth-order valence-corrected chi connectivity index (χ4v) is 0. The second-order valence-electron chi connectivity index (χ2n) is 0.274. The van der Waals surface area contributed by atoms with Crippen molar-refractivity contribution >= 4 is 0 Å². The van der Waals surface area contributed by atoms with Crippen LogP contribution in [0.25, 0.3) is 0 Å². The molecule has 0 saturated heterocycles. The zero-order valence-corrected chi connectivity index (χ0v) is 5.75. The summed E-state index contributed by atoms with van der Waals surface area (Å²) in [5, 5.41) is 45.0. The average Bonchev–Trinajstić information content (AvgIpc) is 1.70. The summed E-state index contributed by atoms with van der Waals surface area (Å²) in [6.45, 7) is 0. The number of nitriles is 3. The summed E-state index contributed by atoms with van der Waals surface area (Å²) >= 11 is 0. The third-order valence-electron chi connectivity index (χ3n) is 0. The Kier molecular flexibility index (Phi) is 366. The molecule has 0 spiro atoms. The normalized spacial score (nSPS) is 2.10. The van der Waals surface area contributed by atoms with Gasteiger partial charge in [0, 0.05) is 18.8 Å². The maximum Gasteiger partial charge on any atom is 3.00 e. The molecule has 0 aliphatic heterocycles. The second-order valence-corrected chi connectivity index (χ2v) is 0.274. The standard InChI is InChI=1S/3CHNO.Cr/c3*2-1-3;/h3*3H;/q;;;+3/p-3. The van der Waals surface area contributed by atoms with Crippen molar-refractivity contribution in [2.24, 2.45) is 0 Å². The molecule has 0 N–H and O–H groups in total. The summed E-state index contributed by atoms with van der Waals surface area (Å²) in [5.41, 5.74) is 0. The van der Waals surface area contributed by atoms with Crippen LogP contribution in [-0.2, 0) is 17.4 Å². The minimum atomic E-state index is 0. The summed E-state index contributed by atoms with van der Waals surface area (Å²) < 4.78 is 0. The van der Waals surface area contributed by atoms with Crippen LogP contribution >= 0.6 is 0 Å². The summed E-state index contributed by atoms with van der Waals surface area (Å²) in [7, 11) is 0. The van der Waals surface area contributed by atoms with E-state index < -0.39 is 0 Å². The van der Waals surface area contributed by atoms with E-state index in [9.17, 15) is 0 Å². The SMILES string of the molecule is N#C[O-].N#C[O-].N#C[O-].[Cr+3]. The van der Waals surface area contributed by atoms with Gasteiger partial charge in [0.25, 0.3) is 0 Å². The Labute approximate surface area is 67.9 Å². The first-order valence-electron chi connectivity index (χ1n) is 1.28. The zero-order valence-electron chi connectivity index (χ0n) is 4.47. The van der Waals surface area contributed by atoms with Crippen LogP contribution in [0.5, 0.6) is 0 Å². The molecule has 0 rings (SSSR count). The van der Waals surface area contributed by atoms with Crippen molar-refractivity contribution in [3.8, 4) is 18.8 Å². The van der Waals surface area contributed by atoms with Crippen LogP contribution in [0.2, 0.25) is 0 Å². The molecule has 1 radical (unpaired) electrons. The Morgan fingerprint density at radius 2 is 0.700 bits per heavy atom. The Balaban J connectivity index is -0.0000000257.